The Morgan fingerprint density at radius 1 is 1.27 bits per heavy atom. The van der Waals surface area contributed by atoms with Crippen molar-refractivity contribution in [2.24, 2.45) is 4.99 Å². The van der Waals surface area contributed by atoms with Crippen molar-refractivity contribution in [1.82, 2.24) is 14.9 Å². The summed E-state index contributed by atoms with van der Waals surface area (Å²) in [6.45, 7) is 4.29. The zero-order valence-corrected chi connectivity index (χ0v) is 20.7. The van der Waals surface area contributed by atoms with Gasteiger partial charge in [0, 0.05) is 31.6 Å². The second-order valence-electron chi connectivity index (χ2n) is 8.26. The van der Waals surface area contributed by atoms with Gasteiger partial charge in [0.25, 0.3) is 0 Å². The Labute approximate surface area is 197 Å². The third-order valence-electron chi connectivity index (χ3n) is 6.19. The van der Waals surface area contributed by atoms with Crippen LogP contribution < -0.4 is 15.4 Å². The molecule has 0 bridgehead atoms. The first-order valence-corrected chi connectivity index (χ1v) is 12.4. The van der Waals surface area contributed by atoms with Gasteiger partial charge in [-0.2, -0.15) is 0 Å². The molecular formula is C21H33IN4O3S. The second-order valence-corrected chi connectivity index (χ2v) is 10.3. The van der Waals surface area contributed by atoms with E-state index in [0.29, 0.717) is 26.1 Å². The number of nitrogens with zero attached hydrogens (tertiary/aromatic N) is 2. The lowest BCUT2D eigenvalue weighted by Gasteiger charge is -2.40. The maximum atomic E-state index is 12.0. The fourth-order valence-corrected chi connectivity index (χ4v) is 6.29. The molecule has 30 heavy (non-hydrogen) atoms. The van der Waals surface area contributed by atoms with E-state index < -0.39 is 10.0 Å². The lowest BCUT2D eigenvalue weighted by atomic mass is 9.86. The quantitative estimate of drug-likeness (QED) is 0.336. The summed E-state index contributed by atoms with van der Waals surface area (Å²) in [5.74, 6) is 1.96. The van der Waals surface area contributed by atoms with Crippen molar-refractivity contribution in [2.75, 3.05) is 31.9 Å². The van der Waals surface area contributed by atoms with E-state index in [1.807, 2.05) is 19.1 Å². The van der Waals surface area contributed by atoms with Gasteiger partial charge < -0.3 is 15.4 Å². The fraction of sp³-hybridized carbons (Fsp3) is 0.667. The molecule has 1 aliphatic carbocycles. The lowest BCUT2D eigenvalue weighted by Crippen LogP contribution is -2.46. The maximum absolute atomic E-state index is 12.0. The Balaban J connectivity index is 0.00000256. The molecule has 0 amide bonds. The highest BCUT2D eigenvalue weighted by atomic mass is 127. The highest BCUT2D eigenvalue weighted by Gasteiger charge is 2.43. The van der Waals surface area contributed by atoms with E-state index >= 15 is 0 Å². The molecule has 1 unspecified atom stereocenters. The van der Waals surface area contributed by atoms with Crippen molar-refractivity contribution in [1.29, 1.82) is 0 Å². The Bertz CT molecular complexity index is 856. The number of nitrogens with one attached hydrogen (secondary N) is 2. The van der Waals surface area contributed by atoms with Gasteiger partial charge in [-0.15, -0.1) is 24.0 Å². The van der Waals surface area contributed by atoms with Gasteiger partial charge in [0.1, 0.15) is 11.4 Å². The Hall–Kier alpha value is -1.07. The van der Waals surface area contributed by atoms with Crippen LogP contribution in [0.1, 0.15) is 57.1 Å². The molecule has 1 saturated heterocycles. The normalized spacial score (nSPS) is 24.7. The number of para-hydroxylation sites is 1. The molecule has 3 aliphatic rings. The minimum absolute atomic E-state index is 0. The molecule has 1 saturated carbocycles. The predicted octanol–water partition coefficient (Wildman–Crippen LogP) is 3.03. The van der Waals surface area contributed by atoms with Gasteiger partial charge in [0.15, 0.2) is 5.96 Å². The number of guanidine groups is 1. The molecule has 7 nitrogen and oxygen atoms in total. The number of hydrogen-bond acceptors (Lipinski definition) is 4. The van der Waals surface area contributed by atoms with E-state index in [2.05, 4.69) is 27.8 Å². The van der Waals surface area contributed by atoms with Crippen molar-refractivity contribution in [2.45, 2.75) is 57.1 Å². The van der Waals surface area contributed by atoms with Crippen molar-refractivity contribution < 1.29 is 13.2 Å². The van der Waals surface area contributed by atoms with Crippen LogP contribution in [0.3, 0.4) is 0 Å². The van der Waals surface area contributed by atoms with Crippen molar-refractivity contribution in [3.63, 3.8) is 0 Å². The third kappa shape index (κ3) is 5.21. The van der Waals surface area contributed by atoms with Gasteiger partial charge in [-0.05, 0) is 45.1 Å². The van der Waals surface area contributed by atoms with Crippen LogP contribution in [0, 0.1) is 0 Å². The second kappa shape index (κ2) is 10.0. The Kier molecular flexibility index (Phi) is 7.89. The lowest BCUT2D eigenvalue weighted by molar-refractivity contribution is 0.0396. The number of aliphatic imine (C=N–C) groups is 1. The summed E-state index contributed by atoms with van der Waals surface area (Å²) < 4.78 is 32.0. The van der Waals surface area contributed by atoms with Crippen LogP contribution in [0.5, 0.6) is 5.75 Å². The zero-order valence-electron chi connectivity index (χ0n) is 17.6. The highest BCUT2D eigenvalue weighted by molar-refractivity contribution is 14.0. The summed E-state index contributed by atoms with van der Waals surface area (Å²) in [6, 6.07) is 8.39. The van der Waals surface area contributed by atoms with Gasteiger partial charge in [0.2, 0.25) is 10.0 Å². The van der Waals surface area contributed by atoms with Gasteiger partial charge >= 0.3 is 0 Å². The van der Waals surface area contributed by atoms with E-state index in [0.717, 1.165) is 43.1 Å². The third-order valence-corrected chi connectivity index (χ3v) is 8.15. The smallest absolute Gasteiger partial charge is 0.214 e. The SMILES string of the molecule is CCNC(=NCCN1CCCS1(=O)=O)NC1CC2(CCCC2)Oc2ccccc21.I. The number of ether oxygens (including phenoxy) is 1. The number of hydrogen-bond donors (Lipinski definition) is 2. The van der Waals surface area contributed by atoms with Crippen LogP contribution in [0.2, 0.25) is 0 Å². The van der Waals surface area contributed by atoms with Crippen LogP contribution in [-0.2, 0) is 10.0 Å². The molecule has 2 aliphatic heterocycles. The Morgan fingerprint density at radius 3 is 2.73 bits per heavy atom. The summed E-state index contributed by atoms with van der Waals surface area (Å²) in [6.07, 6.45) is 6.26. The van der Waals surface area contributed by atoms with Gasteiger partial charge in [-0.3, -0.25) is 4.99 Å². The monoisotopic (exact) mass is 548 g/mol. The van der Waals surface area contributed by atoms with E-state index in [4.69, 9.17) is 4.74 Å². The first-order chi connectivity index (χ1) is 14.0. The van der Waals surface area contributed by atoms with Crippen molar-refractivity contribution in [3.05, 3.63) is 29.8 Å². The van der Waals surface area contributed by atoms with Crippen LogP contribution in [0.4, 0.5) is 0 Å². The highest BCUT2D eigenvalue weighted by Crippen LogP contribution is 2.46. The molecule has 4 rings (SSSR count). The number of fused-ring (bicyclic) bond motifs is 1. The summed E-state index contributed by atoms with van der Waals surface area (Å²) in [7, 11) is -3.07. The van der Waals surface area contributed by atoms with Crippen LogP contribution in [-0.4, -0.2) is 56.2 Å². The molecule has 1 spiro atoms. The molecule has 1 aromatic carbocycles. The minimum atomic E-state index is -3.07. The minimum Gasteiger partial charge on any atom is -0.487 e. The molecule has 0 radical (unpaired) electrons. The average molecular weight is 548 g/mol. The van der Waals surface area contributed by atoms with Gasteiger partial charge in [-0.1, -0.05) is 18.2 Å². The summed E-state index contributed by atoms with van der Waals surface area (Å²) in [5, 5.41) is 6.92. The van der Waals surface area contributed by atoms with E-state index in [9.17, 15) is 8.42 Å². The van der Waals surface area contributed by atoms with Crippen LogP contribution in [0.15, 0.2) is 29.3 Å². The number of halogens is 1. The summed E-state index contributed by atoms with van der Waals surface area (Å²) in [4.78, 5) is 4.67. The molecule has 2 fully saturated rings. The summed E-state index contributed by atoms with van der Waals surface area (Å²) in [5.41, 5.74) is 1.09. The topological polar surface area (TPSA) is 83.0 Å². The molecule has 0 aromatic heterocycles. The molecule has 1 atom stereocenters. The average Bonchev–Trinajstić information content (AvgIpc) is 3.28. The van der Waals surface area contributed by atoms with E-state index in [1.54, 1.807) is 4.31 Å². The van der Waals surface area contributed by atoms with E-state index in [1.165, 1.54) is 12.8 Å². The van der Waals surface area contributed by atoms with Crippen LogP contribution >= 0.6 is 24.0 Å². The fourth-order valence-electron chi connectivity index (χ4n) is 4.77. The first kappa shape index (κ1) is 23.6. The van der Waals surface area contributed by atoms with Gasteiger partial charge in [0.05, 0.1) is 18.3 Å². The number of rotatable bonds is 5. The first-order valence-electron chi connectivity index (χ1n) is 10.8. The molecular weight excluding hydrogens is 515 g/mol. The number of benzene rings is 1. The van der Waals surface area contributed by atoms with Crippen LogP contribution in [0.25, 0.3) is 0 Å². The molecule has 9 heteroatoms. The molecule has 2 heterocycles. The largest absolute Gasteiger partial charge is 0.487 e. The number of sulfonamides is 1. The van der Waals surface area contributed by atoms with E-state index in [-0.39, 0.29) is 41.4 Å². The molecule has 1 aromatic rings. The van der Waals surface area contributed by atoms with Crippen molar-refractivity contribution >= 4 is 40.0 Å². The molecule has 168 valence electrons. The standard InChI is InChI=1S/C21H32N4O3S.HI/c1-2-22-20(23-12-14-25-13-7-15-29(25,26)27)24-18-16-21(10-5-6-11-21)28-19-9-4-3-8-17(18)19;/h3-4,8-9,18H,2,5-7,10-16H2,1H3,(H2,22,23,24);1H. The predicted molar refractivity (Wildman–Crippen MR) is 130 cm³/mol. The summed E-state index contributed by atoms with van der Waals surface area (Å²) >= 11 is 0. The zero-order chi connectivity index (χ0) is 20.3. The van der Waals surface area contributed by atoms with Crippen molar-refractivity contribution in [3.8, 4) is 5.75 Å². The van der Waals surface area contributed by atoms with Gasteiger partial charge in [-0.25, -0.2) is 12.7 Å². The Morgan fingerprint density at radius 2 is 2.03 bits per heavy atom. The molecule has 2 N–H and O–H groups in total. The maximum Gasteiger partial charge on any atom is 0.214 e.